The molecule has 156 valence electrons. The summed E-state index contributed by atoms with van der Waals surface area (Å²) >= 11 is 6.88. The van der Waals surface area contributed by atoms with Crippen LogP contribution in [0.5, 0.6) is 0 Å². The molecule has 3 aromatic rings. The van der Waals surface area contributed by atoms with E-state index < -0.39 is 6.04 Å². The van der Waals surface area contributed by atoms with Crippen molar-refractivity contribution in [2.24, 2.45) is 5.92 Å². The fourth-order valence-electron chi connectivity index (χ4n) is 3.37. The fourth-order valence-corrected chi connectivity index (χ4v) is 4.37. The van der Waals surface area contributed by atoms with Gasteiger partial charge in [-0.25, -0.2) is 0 Å². The third kappa shape index (κ3) is 4.36. The maximum atomic E-state index is 12.8. The lowest BCUT2D eigenvalue weighted by Crippen LogP contribution is -2.31. The average Bonchev–Trinajstić information content (AvgIpc) is 3.34. The van der Waals surface area contributed by atoms with Crippen LogP contribution in [0.1, 0.15) is 37.8 Å². The summed E-state index contributed by atoms with van der Waals surface area (Å²) in [5, 5.41) is 14.9. The zero-order valence-electron chi connectivity index (χ0n) is 16.6. The molecule has 1 saturated carbocycles. The van der Waals surface area contributed by atoms with Gasteiger partial charge in [0.15, 0.2) is 10.6 Å². The zero-order valence-corrected chi connectivity index (χ0v) is 18.2. The van der Waals surface area contributed by atoms with Gasteiger partial charge in [0.2, 0.25) is 11.8 Å². The standard InChI is InChI=1S/C21H23N5O2S2/c1-13(26-18(24-25-21(26)29)17-9-4-10-30-17)19(27)22-12-14-5-2-8-16(11-14)23-20(28)15-6-3-7-15/h2,4-5,8-11,13,15H,3,6-7,12H2,1H3,(H,22,27)(H,23,28)(H,25,29). The summed E-state index contributed by atoms with van der Waals surface area (Å²) < 4.78 is 2.13. The molecule has 1 unspecified atom stereocenters. The second-order valence-corrected chi connectivity index (χ2v) is 8.75. The molecule has 1 aliphatic carbocycles. The average molecular weight is 442 g/mol. The minimum atomic E-state index is -0.519. The molecule has 7 nitrogen and oxygen atoms in total. The Labute approximate surface area is 183 Å². The summed E-state index contributed by atoms with van der Waals surface area (Å²) in [6.07, 6.45) is 3.05. The van der Waals surface area contributed by atoms with E-state index in [4.69, 9.17) is 12.2 Å². The number of carbonyl (C=O) groups is 2. The van der Waals surface area contributed by atoms with Gasteiger partial charge in [0, 0.05) is 18.2 Å². The van der Waals surface area contributed by atoms with Gasteiger partial charge in [-0.2, -0.15) is 5.10 Å². The van der Waals surface area contributed by atoms with Gasteiger partial charge in [0.05, 0.1) is 4.88 Å². The van der Waals surface area contributed by atoms with Gasteiger partial charge in [-0.1, -0.05) is 24.6 Å². The second-order valence-electron chi connectivity index (χ2n) is 7.41. The highest BCUT2D eigenvalue weighted by atomic mass is 32.1. The van der Waals surface area contributed by atoms with Gasteiger partial charge in [-0.3, -0.25) is 19.3 Å². The van der Waals surface area contributed by atoms with Crippen molar-refractivity contribution >= 4 is 41.1 Å². The van der Waals surface area contributed by atoms with Gasteiger partial charge in [0.25, 0.3) is 0 Å². The SMILES string of the molecule is CC(C(=O)NCc1cccc(NC(=O)C2CCC2)c1)n1c(-c2cccs2)n[nH]c1=S. The van der Waals surface area contributed by atoms with E-state index in [2.05, 4.69) is 20.8 Å². The molecule has 1 fully saturated rings. The number of thiophene rings is 1. The van der Waals surface area contributed by atoms with E-state index in [0.717, 1.165) is 35.4 Å². The molecule has 2 amide bonds. The lowest BCUT2D eigenvalue weighted by molar-refractivity contribution is -0.124. The number of amides is 2. The molecule has 1 aliphatic rings. The molecule has 0 radical (unpaired) electrons. The lowest BCUT2D eigenvalue weighted by Gasteiger charge is -2.24. The molecule has 9 heteroatoms. The van der Waals surface area contributed by atoms with Crippen molar-refractivity contribution in [1.82, 2.24) is 20.1 Å². The molecule has 0 spiro atoms. The number of H-pyrrole nitrogens is 1. The van der Waals surface area contributed by atoms with Crippen LogP contribution in [0.2, 0.25) is 0 Å². The quantitative estimate of drug-likeness (QED) is 0.477. The van der Waals surface area contributed by atoms with Crippen LogP contribution < -0.4 is 10.6 Å². The van der Waals surface area contributed by atoms with Crippen molar-refractivity contribution in [3.63, 3.8) is 0 Å². The van der Waals surface area contributed by atoms with E-state index in [0.29, 0.717) is 17.1 Å². The Morgan fingerprint density at radius 1 is 1.33 bits per heavy atom. The maximum Gasteiger partial charge on any atom is 0.243 e. The highest BCUT2D eigenvalue weighted by Gasteiger charge is 2.25. The Morgan fingerprint density at radius 2 is 2.17 bits per heavy atom. The molecule has 1 atom stereocenters. The Balaban J connectivity index is 1.40. The van der Waals surface area contributed by atoms with E-state index in [1.807, 2.05) is 41.8 Å². The minimum absolute atomic E-state index is 0.0755. The van der Waals surface area contributed by atoms with Crippen LogP contribution in [0.4, 0.5) is 5.69 Å². The van der Waals surface area contributed by atoms with E-state index in [9.17, 15) is 9.59 Å². The van der Waals surface area contributed by atoms with E-state index in [-0.39, 0.29) is 17.7 Å². The number of aromatic nitrogens is 3. The summed E-state index contributed by atoms with van der Waals surface area (Å²) in [5.41, 5.74) is 1.67. The van der Waals surface area contributed by atoms with Gasteiger partial charge in [0.1, 0.15) is 6.04 Å². The third-order valence-electron chi connectivity index (χ3n) is 5.35. The van der Waals surface area contributed by atoms with Crippen molar-refractivity contribution in [2.45, 2.75) is 38.8 Å². The maximum absolute atomic E-state index is 12.8. The topological polar surface area (TPSA) is 91.8 Å². The summed E-state index contributed by atoms with van der Waals surface area (Å²) in [4.78, 5) is 25.9. The van der Waals surface area contributed by atoms with Gasteiger partial charge >= 0.3 is 0 Å². The van der Waals surface area contributed by atoms with Crippen molar-refractivity contribution < 1.29 is 9.59 Å². The highest BCUT2D eigenvalue weighted by Crippen LogP contribution is 2.28. The first kappa shape index (κ1) is 20.5. The monoisotopic (exact) mass is 441 g/mol. The first-order valence-electron chi connectivity index (χ1n) is 9.91. The molecule has 1 aromatic carbocycles. The van der Waals surface area contributed by atoms with Crippen molar-refractivity contribution in [3.05, 3.63) is 52.1 Å². The number of rotatable bonds is 7. The number of nitrogens with zero attached hydrogens (tertiary/aromatic N) is 2. The Kier molecular flexibility index (Phi) is 6.10. The van der Waals surface area contributed by atoms with Gasteiger partial charge < -0.3 is 10.6 Å². The fraction of sp³-hybridized carbons (Fsp3) is 0.333. The van der Waals surface area contributed by atoms with Crippen LogP contribution in [0.15, 0.2) is 41.8 Å². The Morgan fingerprint density at radius 3 is 2.87 bits per heavy atom. The van der Waals surface area contributed by atoms with Crippen LogP contribution in [0, 0.1) is 10.7 Å². The number of benzene rings is 1. The summed E-state index contributed by atoms with van der Waals surface area (Å²) in [6, 6.07) is 10.9. The molecule has 2 aromatic heterocycles. The number of carbonyl (C=O) groups excluding carboxylic acids is 2. The van der Waals surface area contributed by atoms with Crippen LogP contribution in [0.3, 0.4) is 0 Å². The Bertz CT molecular complexity index is 1100. The molecule has 0 aliphatic heterocycles. The van der Waals surface area contributed by atoms with E-state index >= 15 is 0 Å². The molecule has 0 bridgehead atoms. The smallest absolute Gasteiger partial charge is 0.243 e. The number of nitrogens with one attached hydrogen (secondary N) is 3. The summed E-state index contributed by atoms with van der Waals surface area (Å²) in [6.45, 7) is 2.16. The van der Waals surface area contributed by atoms with E-state index in [1.54, 1.807) is 22.8 Å². The number of hydrogen-bond acceptors (Lipinski definition) is 5. The normalized spacial score (nSPS) is 14.7. The zero-order chi connectivity index (χ0) is 21.1. The molecule has 3 N–H and O–H groups in total. The predicted molar refractivity (Wildman–Crippen MR) is 120 cm³/mol. The molecule has 2 heterocycles. The number of anilines is 1. The molecular formula is C21H23N5O2S2. The second kappa shape index (κ2) is 8.93. The van der Waals surface area contributed by atoms with Crippen molar-refractivity contribution in [2.75, 3.05) is 5.32 Å². The first-order chi connectivity index (χ1) is 14.5. The van der Waals surface area contributed by atoms with Crippen LogP contribution >= 0.6 is 23.6 Å². The molecule has 30 heavy (non-hydrogen) atoms. The van der Waals surface area contributed by atoms with E-state index in [1.165, 1.54) is 0 Å². The molecule has 4 rings (SSSR count). The van der Waals surface area contributed by atoms with Gasteiger partial charge in [-0.05, 0) is 61.1 Å². The first-order valence-corrected chi connectivity index (χ1v) is 11.2. The van der Waals surface area contributed by atoms with Crippen LogP contribution in [0.25, 0.3) is 10.7 Å². The Hall–Kier alpha value is -2.78. The van der Waals surface area contributed by atoms with Crippen LogP contribution in [-0.4, -0.2) is 26.6 Å². The number of hydrogen-bond donors (Lipinski definition) is 3. The van der Waals surface area contributed by atoms with Crippen LogP contribution in [-0.2, 0) is 16.1 Å². The predicted octanol–water partition coefficient (Wildman–Crippen LogP) is 4.29. The largest absolute Gasteiger partial charge is 0.350 e. The van der Waals surface area contributed by atoms with Crippen molar-refractivity contribution in [3.8, 4) is 10.7 Å². The number of aromatic amines is 1. The third-order valence-corrected chi connectivity index (χ3v) is 6.50. The summed E-state index contributed by atoms with van der Waals surface area (Å²) in [5.74, 6) is 0.699. The summed E-state index contributed by atoms with van der Waals surface area (Å²) in [7, 11) is 0. The molecular weight excluding hydrogens is 418 g/mol. The minimum Gasteiger partial charge on any atom is -0.350 e. The van der Waals surface area contributed by atoms with Crippen molar-refractivity contribution in [1.29, 1.82) is 0 Å². The molecule has 0 saturated heterocycles. The highest BCUT2D eigenvalue weighted by molar-refractivity contribution is 7.71. The van der Waals surface area contributed by atoms with Gasteiger partial charge in [-0.15, -0.1) is 11.3 Å². The lowest BCUT2D eigenvalue weighted by atomic mass is 9.85.